The quantitative estimate of drug-likeness (QED) is 0.787. The normalized spacial score (nSPS) is 16.0. The van der Waals surface area contributed by atoms with E-state index in [2.05, 4.69) is 15.0 Å². The van der Waals surface area contributed by atoms with Gasteiger partial charge in [0.05, 0.1) is 11.2 Å². The zero-order valence-corrected chi connectivity index (χ0v) is 13.7. The van der Waals surface area contributed by atoms with Crippen molar-refractivity contribution in [2.75, 3.05) is 0 Å². The number of nitrogens with zero attached hydrogens (tertiary/aromatic N) is 2. The maximum Gasteiger partial charge on any atom is 0.213 e. The third kappa shape index (κ3) is 2.31. The van der Waals surface area contributed by atoms with E-state index in [4.69, 9.17) is 0 Å². The van der Waals surface area contributed by atoms with Crippen molar-refractivity contribution in [2.24, 2.45) is 0 Å². The Labute approximate surface area is 138 Å². The van der Waals surface area contributed by atoms with E-state index in [9.17, 15) is 12.8 Å². The first-order chi connectivity index (χ1) is 11.6. The predicted octanol–water partition coefficient (Wildman–Crippen LogP) is 3.59. The van der Waals surface area contributed by atoms with Crippen molar-refractivity contribution in [3.8, 4) is 0 Å². The molecule has 124 valence electrons. The molecule has 3 aromatic rings. The van der Waals surface area contributed by atoms with E-state index in [0.717, 1.165) is 37.4 Å². The highest BCUT2D eigenvalue weighted by molar-refractivity contribution is 7.91. The van der Waals surface area contributed by atoms with Gasteiger partial charge in [-0.05, 0) is 25.0 Å². The van der Waals surface area contributed by atoms with Crippen molar-refractivity contribution >= 4 is 20.9 Å². The van der Waals surface area contributed by atoms with Crippen LogP contribution in [-0.4, -0.2) is 23.4 Å². The van der Waals surface area contributed by atoms with Gasteiger partial charge in [0, 0.05) is 12.1 Å². The third-order valence-corrected chi connectivity index (χ3v) is 6.42. The fourth-order valence-electron chi connectivity index (χ4n) is 3.43. The van der Waals surface area contributed by atoms with Gasteiger partial charge in [0.25, 0.3) is 0 Å². The summed E-state index contributed by atoms with van der Waals surface area (Å²) in [6, 6.07) is 5.37. The molecule has 2 heterocycles. The van der Waals surface area contributed by atoms with Crippen molar-refractivity contribution < 1.29 is 12.8 Å². The van der Waals surface area contributed by atoms with Crippen LogP contribution in [0.4, 0.5) is 4.39 Å². The second-order valence-electron chi connectivity index (χ2n) is 6.05. The first kappa shape index (κ1) is 15.3. The Bertz CT molecular complexity index is 1010. The number of rotatable bonds is 3. The van der Waals surface area contributed by atoms with E-state index in [0.29, 0.717) is 17.0 Å². The third-order valence-electron chi connectivity index (χ3n) is 4.62. The van der Waals surface area contributed by atoms with Gasteiger partial charge < -0.3 is 4.98 Å². The van der Waals surface area contributed by atoms with Gasteiger partial charge in [-0.15, -0.1) is 0 Å². The Morgan fingerprint density at radius 1 is 1.08 bits per heavy atom. The molecule has 2 aromatic heterocycles. The monoisotopic (exact) mass is 345 g/mol. The smallest absolute Gasteiger partial charge is 0.213 e. The number of aromatic nitrogens is 3. The fraction of sp³-hybridized carbons (Fsp3) is 0.294. The van der Waals surface area contributed by atoms with Gasteiger partial charge in [-0.3, -0.25) is 0 Å². The molecule has 0 aliphatic heterocycles. The van der Waals surface area contributed by atoms with Crippen LogP contribution in [0.5, 0.6) is 0 Å². The van der Waals surface area contributed by atoms with E-state index < -0.39 is 15.7 Å². The van der Waals surface area contributed by atoms with E-state index in [1.807, 2.05) is 0 Å². The minimum absolute atomic E-state index is 0.00996. The molecule has 1 aliphatic carbocycles. The van der Waals surface area contributed by atoms with Crippen molar-refractivity contribution in [3.05, 3.63) is 48.3 Å². The van der Waals surface area contributed by atoms with Crippen LogP contribution in [0.25, 0.3) is 11.0 Å². The summed E-state index contributed by atoms with van der Waals surface area (Å²) in [4.78, 5) is 11.2. The van der Waals surface area contributed by atoms with Gasteiger partial charge in [0.2, 0.25) is 9.84 Å². The molecule has 0 saturated heterocycles. The van der Waals surface area contributed by atoms with Crippen LogP contribution in [0.2, 0.25) is 0 Å². The summed E-state index contributed by atoms with van der Waals surface area (Å²) in [6.07, 6.45) is 7.17. The van der Waals surface area contributed by atoms with Gasteiger partial charge >= 0.3 is 0 Å². The lowest BCUT2D eigenvalue weighted by Crippen LogP contribution is -2.05. The molecule has 0 spiro atoms. The zero-order chi connectivity index (χ0) is 16.7. The van der Waals surface area contributed by atoms with E-state index >= 15 is 0 Å². The van der Waals surface area contributed by atoms with Gasteiger partial charge in [-0.2, -0.15) is 0 Å². The van der Waals surface area contributed by atoms with Crippen LogP contribution in [0, 0.1) is 5.82 Å². The second-order valence-corrected chi connectivity index (χ2v) is 7.94. The number of benzene rings is 1. The Balaban J connectivity index is 1.89. The van der Waals surface area contributed by atoms with Gasteiger partial charge in [0.15, 0.2) is 0 Å². The van der Waals surface area contributed by atoms with Crippen molar-refractivity contribution in [1.29, 1.82) is 0 Å². The number of hydrogen-bond acceptors (Lipinski definition) is 4. The van der Waals surface area contributed by atoms with E-state index in [1.165, 1.54) is 30.7 Å². The Morgan fingerprint density at radius 3 is 2.58 bits per heavy atom. The average molecular weight is 345 g/mol. The van der Waals surface area contributed by atoms with Gasteiger partial charge in [0.1, 0.15) is 27.5 Å². The largest absolute Gasteiger partial charge is 0.357 e. The summed E-state index contributed by atoms with van der Waals surface area (Å²) in [6.45, 7) is 0. The van der Waals surface area contributed by atoms with Crippen molar-refractivity contribution in [2.45, 2.75) is 41.4 Å². The van der Waals surface area contributed by atoms with Crippen molar-refractivity contribution in [1.82, 2.24) is 15.0 Å². The van der Waals surface area contributed by atoms with E-state index in [1.54, 1.807) is 0 Å². The lowest BCUT2D eigenvalue weighted by Gasteiger charge is -2.09. The lowest BCUT2D eigenvalue weighted by atomic mass is 10.0. The summed E-state index contributed by atoms with van der Waals surface area (Å²) in [5.74, 6) is -0.449. The Morgan fingerprint density at radius 2 is 1.83 bits per heavy atom. The first-order valence-corrected chi connectivity index (χ1v) is 9.39. The molecule has 1 aromatic carbocycles. The highest BCUT2D eigenvalue weighted by Gasteiger charge is 2.28. The molecule has 5 nitrogen and oxygen atoms in total. The summed E-state index contributed by atoms with van der Waals surface area (Å²) >= 11 is 0. The predicted molar refractivity (Wildman–Crippen MR) is 86.9 cm³/mol. The minimum Gasteiger partial charge on any atom is -0.357 e. The Kier molecular flexibility index (Phi) is 3.60. The number of halogens is 1. The molecular weight excluding hydrogens is 329 g/mol. The fourth-order valence-corrected chi connectivity index (χ4v) is 4.87. The Hall–Kier alpha value is -2.28. The van der Waals surface area contributed by atoms with Crippen LogP contribution in [-0.2, 0) is 9.84 Å². The summed E-state index contributed by atoms with van der Waals surface area (Å²) in [7, 11) is -3.99. The standard InChI is InChI=1S/C17H16FN3O2S/c18-12-7-3-4-8-13(12)24(22,23)14-9-19-17-15(11-5-1-2-6-11)20-10-21-16(14)17/h3-4,7-11,19H,1-2,5-6H2. The first-order valence-electron chi connectivity index (χ1n) is 7.90. The number of sulfone groups is 1. The molecule has 4 rings (SSSR count). The molecule has 1 aliphatic rings. The highest BCUT2D eigenvalue weighted by atomic mass is 32.2. The van der Waals surface area contributed by atoms with Crippen LogP contribution >= 0.6 is 0 Å². The van der Waals surface area contributed by atoms with Crippen LogP contribution in [0.15, 0.2) is 46.6 Å². The molecule has 1 fully saturated rings. The zero-order valence-electron chi connectivity index (χ0n) is 12.9. The maximum atomic E-state index is 14.0. The lowest BCUT2D eigenvalue weighted by molar-refractivity contribution is 0.567. The molecule has 0 atom stereocenters. The highest BCUT2D eigenvalue weighted by Crippen LogP contribution is 2.37. The SMILES string of the molecule is O=S(=O)(c1ccccc1F)c1c[nH]c2c(C3CCCC3)ncnc12. The molecule has 0 amide bonds. The number of hydrogen-bond donors (Lipinski definition) is 1. The summed E-state index contributed by atoms with van der Waals surface area (Å²) in [5, 5.41) is 0. The minimum atomic E-state index is -3.99. The van der Waals surface area contributed by atoms with Crippen molar-refractivity contribution in [3.63, 3.8) is 0 Å². The number of fused-ring (bicyclic) bond motifs is 1. The topological polar surface area (TPSA) is 75.7 Å². The van der Waals surface area contributed by atoms with Crippen LogP contribution in [0.3, 0.4) is 0 Å². The average Bonchev–Trinajstić information content (AvgIpc) is 3.24. The molecule has 1 saturated carbocycles. The maximum absolute atomic E-state index is 14.0. The number of aromatic amines is 1. The van der Waals surface area contributed by atoms with E-state index in [-0.39, 0.29) is 9.79 Å². The summed E-state index contributed by atoms with van der Waals surface area (Å²) < 4.78 is 39.7. The molecule has 0 unspecified atom stereocenters. The molecular formula is C17H16FN3O2S. The summed E-state index contributed by atoms with van der Waals surface area (Å²) in [5.41, 5.74) is 1.82. The number of H-pyrrole nitrogens is 1. The second kappa shape index (κ2) is 5.66. The number of nitrogens with one attached hydrogen (secondary N) is 1. The van der Waals surface area contributed by atoms with Crippen LogP contribution < -0.4 is 0 Å². The molecule has 1 N–H and O–H groups in total. The molecule has 0 bridgehead atoms. The molecule has 0 radical (unpaired) electrons. The van der Waals surface area contributed by atoms with Crippen LogP contribution in [0.1, 0.15) is 37.3 Å². The molecule has 7 heteroatoms. The van der Waals surface area contributed by atoms with Gasteiger partial charge in [-0.25, -0.2) is 22.8 Å². The van der Waals surface area contributed by atoms with Gasteiger partial charge in [-0.1, -0.05) is 25.0 Å². The molecule has 24 heavy (non-hydrogen) atoms.